The van der Waals surface area contributed by atoms with Gasteiger partial charge in [0.15, 0.2) is 0 Å². The standard InChI is InChI=1S/C11H14O3/c1-7-3-4-8(2)9(5-7)10(12)6-11(13)14/h3-5,10,12H,6H2,1-2H3,(H,13,14)/t10-/m1/s1. The summed E-state index contributed by atoms with van der Waals surface area (Å²) < 4.78 is 0. The number of rotatable bonds is 3. The molecule has 1 atom stereocenters. The van der Waals surface area contributed by atoms with E-state index in [-0.39, 0.29) is 6.42 Å². The van der Waals surface area contributed by atoms with Crippen LogP contribution in [-0.2, 0) is 4.79 Å². The summed E-state index contributed by atoms with van der Waals surface area (Å²) in [5, 5.41) is 18.2. The fourth-order valence-corrected chi connectivity index (χ4v) is 1.39. The van der Waals surface area contributed by atoms with Gasteiger partial charge in [0, 0.05) is 0 Å². The number of carboxylic acid groups (broad SMARTS) is 1. The average Bonchev–Trinajstić information content (AvgIpc) is 2.08. The molecule has 3 nitrogen and oxygen atoms in total. The Hall–Kier alpha value is -1.35. The number of aliphatic carboxylic acids is 1. The van der Waals surface area contributed by atoms with Crippen LogP contribution in [0.2, 0.25) is 0 Å². The third kappa shape index (κ3) is 2.57. The van der Waals surface area contributed by atoms with E-state index in [0.29, 0.717) is 5.56 Å². The first-order valence-electron chi connectivity index (χ1n) is 4.47. The van der Waals surface area contributed by atoms with Gasteiger partial charge in [0.05, 0.1) is 12.5 Å². The van der Waals surface area contributed by atoms with Gasteiger partial charge in [0.1, 0.15) is 0 Å². The summed E-state index contributed by atoms with van der Waals surface area (Å²) >= 11 is 0. The van der Waals surface area contributed by atoms with Gasteiger partial charge in [-0.1, -0.05) is 23.8 Å². The predicted octanol–water partition coefficient (Wildman–Crippen LogP) is 1.81. The molecule has 76 valence electrons. The Bertz CT molecular complexity index is 344. The van der Waals surface area contributed by atoms with Crippen LogP contribution in [-0.4, -0.2) is 16.2 Å². The summed E-state index contributed by atoms with van der Waals surface area (Å²) in [6.07, 6.45) is -1.16. The zero-order valence-corrected chi connectivity index (χ0v) is 8.32. The molecule has 0 aromatic heterocycles. The van der Waals surface area contributed by atoms with E-state index in [1.54, 1.807) is 0 Å². The second-order valence-corrected chi connectivity index (χ2v) is 3.47. The van der Waals surface area contributed by atoms with Crippen LogP contribution >= 0.6 is 0 Å². The molecule has 0 bridgehead atoms. The highest BCUT2D eigenvalue weighted by Gasteiger charge is 2.13. The van der Waals surface area contributed by atoms with Crippen molar-refractivity contribution >= 4 is 5.97 Å². The van der Waals surface area contributed by atoms with Crippen molar-refractivity contribution in [3.8, 4) is 0 Å². The minimum atomic E-state index is -0.988. The number of carbonyl (C=O) groups is 1. The molecule has 0 aliphatic heterocycles. The van der Waals surface area contributed by atoms with Crippen LogP contribution in [0.15, 0.2) is 18.2 Å². The smallest absolute Gasteiger partial charge is 0.306 e. The molecule has 0 fully saturated rings. The van der Waals surface area contributed by atoms with Crippen molar-refractivity contribution in [2.75, 3.05) is 0 Å². The molecule has 1 rings (SSSR count). The number of aryl methyl sites for hydroxylation is 2. The van der Waals surface area contributed by atoms with E-state index in [4.69, 9.17) is 5.11 Å². The number of hydrogen-bond acceptors (Lipinski definition) is 2. The van der Waals surface area contributed by atoms with Gasteiger partial charge in [-0.25, -0.2) is 0 Å². The highest BCUT2D eigenvalue weighted by atomic mass is 16.4. The zero-order chi connectivity index (χ0) is 10.7. The van der Waals surface area contributed by atoms with Crippen LogP contribution in [0.3, 0.4) is 0 Å². The van der Waals surface area contributed by atoms with Gasteiger partial charge in [0.25, 0.3) is 0 Å². The zero-order valence-electron chi connectivity index (χ0n) is 8.32. The summed E-state index contributed by atoms with van der Waals surface area (Å²) in [5.74, 6) is -0.988. The van der Waals surface area contributed by atoms with E-state index in [2.05, 4.69) is 0 Å². The quantitative estimate of drug-likeness (QED) is 0.771. The van der Waals surface area contributed by atoms with Gasteiger partial charge in [-0.05, 0) is 25.0 Å². The van der Waals surface area contributed by atoms with Crippen molar-refractivity contribution in [1.82, 2.24) is 0 Å². The summed E-state index contributed by atoms with van der Waals surface area (Å²) in [6, 6.07) is 5.64. The predicted molar refractivity (Wildman–Crippen MR) is 53.1 cm³/mol. The van der Waals surface area contributed by atoms with Crippen LogP contribution < -0.4 is 0 Å². The van der Waals surface area contributed by atoms with Crippen LogP contribution in [0.25, 0.3) is 0 Å². The summed E-state index contributed by atoms with van der Waals surface area (Å²) in [6.45, 7) is 3.77. The molecule has 0 unspecified atom stereocenters. The number of hydrogen-bond donors (Lipinski definition) is 2. The number of aliphatic hydroxyl groups excluding tert-OH is 1. The van der Waals surface area contributed by atoms with Crippen molar-refractivity contribution in [2.24, 2.45) is 0 Å². The molecule has 0 saturated heterocycles. The molecule has 0 saturated carbocycles. The minimum absolute atomic E-state index is 0.246. The fraction of sp³-hybridized carbons (Fsp3) is 0.364. The molecule has 1 aromatic rings. The lowest BCUT2D eigenvalue weighted by atomic mass is 9.99. The van der Waals surface area contributed by atoms with E-state index in [9.17, 15) is 9.90 Å². The van der Waals surface area contributed by atoms with Crippen molar-refractivity contribution in [3.05, 3.63) is 34.9 Å². The average molecular weight is 194 g/mol. The molecule has 0 heterocycles. The summed E-state index contributed by atoms with van der Waals surface area (Å²) in [5.41, 5.74) is 2.65. The van der Waals surface area contributed by atoms with E-state index in [1.165, 1.54) is 0 Å². The third-order valence-corrected chi connectivity index (χ3v) is 2.16. The lowest BCUT2D eigenvalue weighted by molar-refractivity contribution is -0.139. The second-order valence-electron chi connectivity index (χ2n) is 3.47. The van der Waals surface area contributed by atoms with E-state index in [0.717, 1.165) is 11.1 Å². The van der Waals surface area contributed by atoms with Crippen LogP contribution in [0.5, 0.6) is 0 Å². The Morgan fingerprint density at radius 1 is 1.43 bits per heavy atom. The van der Waals surface area contributed by atoms with E-state index < -0.39 is 12.1 Å². The Morgan fingerprint density at radius 2 is 2.07 bits per heavy atom. The van der Waals surface area contributed by atoms with Crippen LogP contribution in [0.4, 0.5) is 0 Å². The van der Waals surface area contributed by atoms with E-state index >= 15 is 0 Å². The van der Waals surface area contributed by atoms with Gasteiger partial charge < -0.3 is 10.2 Å². The van der Waals surface area contributed by atoms with Gasteiger partial charge in [-0.3, -0.25) is 4.79 Å². The molecule has 3 heteroatoms. The molecule has 2 N–H and O–H groups in total. The maximum atomic E-state index is 10.4. The van der Waals surface area contributed by atoms with Gasteiger partial charge in [-0.2, -0.15) is 0 Å². The lowest BCUT2D eigenvalue weighted by Gasteiger charge is -2.12. The molecule has 0 spiro atoms. The van der Waals surface area contributed by atoms with E-state index in [1.807, 2.05) is 32.0 Å². The Morgan fingerprint density at radius 3 is 2.64 bits per heavy atom. The van der Waals surface area contributed by atoms with Crippen molar-refractivity contribution < 1.29 is 15.0 Å². The molecule has 0 radical (unpaired) electrons. The summed E-state index contributed by atoms with van der Waals surface area (Å²) in [7, 11) is 0. The maximum Gasteiger partial charge on any atom is 0.306 e. The van der Waals surface area contributed by atoms with Crippen LogP contribution in [0.1, 0.15) is 29.2 Å². The van der Waals surface area contributed by atoms with Gasteiger partial charge in [-0.15, -0.1) is 0 Å². The third-order valence-electron chi connectivity index (χ3n) is 2.16. The first-order valence-corrected chi connectivity index (χ1v) is 4.47. The monoisotopic (exact) mass is 194 g/mol. The van der Waals surface area contributed by atoms with Crippen molar-refractivity contribution in [1.29, 1.82) is 0 Å². The highest BCUT2D eigenvalue weighted by Crippen LogP contribution is 2.21. The molecule has 1 aromatic carbocycles. The molecule has 0 aliphatic rings. The molecular weight excluding hydrogens is 180 g/mol. The first-order chi connectivity index (χ1) is 6.50. The first kappa shape index (κ1) is 10.7. The Labute approximate surface area is 83.0 Å². The molecule has 0 aliphatic carbocycles. The number of benzene rings is 1. The highest BCUT2D eigenvalue weighted by molar-refractivity contribution is 5.67. The molecular formula is C11H14O3. The Balaban J connectivity index is 2.93. The van der Waals surface area contributed by atoms with Gasteiger partial charge in [0.2, 0.25) is 0 Å². The van der Waals surface area contributed by atoms with Gasteiger partial charge >= 0.3 is 5.97 Å². The number of aliphatic hydroxyl groups is 1. The topological polar surface area (TPSA) is 57.5 Å². The Kier molecular flexibility index (Phi) is 3.25. The minimum Gasteiger partial charge on any atom is -0.481 e. The number of carboxylic acids is 1. The molecule has 0 amide bonds. The van der Waals surface area contributed by atoms with Crippen molar-refractivity contribution in [2.45, 2.75) is 26.4 Å². The van der Waals surface area contributed by atoms with Crippen LogP contribution in [0, 0.1) is 13.8 Å². The molecule has 14 heavy (non-hydrogen) atoms. The normalized spacial score (nSPS) is 12.5. The second kappa shape index (κ2) is 4.24. The fourth-order valence-electron chi connectivity index (χ4n) is 1.39. The largest absolute Gasteiger partial charge is 0.481 e. The lowest BCUT2D eigenvalue weighted by Crippen LogP contribution is -2.07. The van der Waals surface area contributed by atoms with Crippen molar-refractivity contribution in [3.63, 3.8) is 0 Å². The SMILES string of the molecule is Cc1ccc(C)c([C@H](O)CC(=O)O)c1. The maximum absolute atomic E-state index is 10.4. The summed E-state index contributed by atoms with van der Waals surface area (Å²) in [4.78, 5) is 10.4.